The highest BCUT2D eigenvalue weighted by molar-refractivity contribution is 7.18. The molecule has 8 nitrogen and oxygen atoms in total. The lowest BCUT2D eigenvalue weighted by Crippen LogP contribution is -2.30. The van der Waals surface area contributed by atoms with Gasteiger partial charge in [0.2, 0.25) is 0 Å². The summed E-state index contributed by atoms with van der Waals surface area (Å²) in [5.41, 5.74) is 11.8. The third kappa shape index (κ3) is 3.93. The Morgan fingerprint density at radius 3 is 2.75 bits per heavy atom. The van der Waals surface area contributed by atoms with E-state index in [0.717, 1.165) is 56.8 Å². The summed E-state index contributed by atoms with van der Waals surface area (Å²) < 4.78 is 2.12. The minimum Gasteiger partial charge on any atom is -0.327 e. The lowest BCUT2D eigenvalue weighted by Gasteiger charge is -2.08. The van der Waals surface area contributed by atoms with Crippen molar-refractivity contribution in [1.82, 2.24) is 34.9 Å². The second kappa shape index (κ2) is 8.62. The normalized spacial score (nSPS) is 12.5. The summed E-state index contributed by atoms with van der Waals surface area (Å²) in [6.07, 6.45) is 3.64. The monoisotopic (exact) mass is 444 g/mol. The molecule has 1 unspecified atom stereocenters. The highest BCUT2D eigenvalue weighted by Crippen LogP contribution is 2.40. The Labute approximate surface area is 189 Å². The van der Waals surface area contributed by atoms with Gasteiger partial charge in [0, 0.05) is 30.9 Å². The Bertz CT molecular complexity index is 1340. The van der Waals surface area contributed by atoms with E-state index in [-0.39, 0.29) is 6.04 Å². The number of aromatic amines is 1. The van der Waals surface area contributed by atoms with Crippen LogP contribution in [0.5, 0.6) is 0 Å². The van der Waals surface area contributed by atoms with E-state index in [2.05, 4.69) is 49.3 Å². The van der Waals surface area contributed by atoms with Crippen molar-refractivity contribution in [2.24, 2.45) is 5.73 Å². The Hall–Kier alpha value is -3.40. The van der Waals surface area contributed by atoms with Crippen LogP contribution < -0.4 is 11.1 Å². The van der Waals surface area contributed by atoms with Gasteiger partial charge in [-0.2, -0.15) is 5.10 Å². The first kappa shape index (κ1) is 20.5. The Balaban J connectivity index is 1.61. The van der Waals surface area contributed by atoms with Gasteiger partial charge in [0.05, 0.1) is 16.3 Å². The number of imidazole rings is 1. The van der Waals surface area contributed by atoms with Gasteiger partial charge in [-0.15, -0.1) is 11.3 Å². The van der Waals surface area contributed by atoms with Crippen molar-refractivity contribution in [3.05, 3.63) is 66.2 Å². The Morgan fingerprint density at radius 2 is 2.00 bits per heavy atom. The molecule has 5 rings (SSSR count). The van der Waals surface area contributed by atoms with Crippen LogP contribution in [-0.4, -0.2) is 42.1 Å². The maximum Gasteiger partial charge on any atom is 0.167 e. The highest BCUT2D eigenvalue weighted by Gasteiger charge is 2.21. The summed E-state index contributed by atoms with van der Waals surface area (Å²) >= 11 is 1.59. The number of hydrogen-bond donors (Lipinski definition) is 3. The zero-order chi connectivity index (χ0) is 22.1. The van der Waals surface area contributed by atoms with Gasteiger partial charge < -0.3 is 11.1 Å². The maximum absolute atomic E-state index is 5.86. The molecule has 1 atom stereocenters. The Kier molecular flexibility index (Phi) is 5.52. The van der Waals surface area contributed by atoms with E-state index in [1.165, 1.54) is 6.33 Å². The molecule has 0 radical (unpaired) electrons. The molecule has 5 aromatic rings. The van der Waals surface area contributed by atoms with Crippen LogP contribution in [0.4, 0.5) is 0 Å². The van der Waals surface area contributed by atoms with Crippen LogP contribution in [0.1, 0.15) is 18.2 Å². The molecule has 4 heterocycles. The van der Waals surface area contributed by atoms with Crippen molar-refractivity contribution in [1.29, 1.82) is 0 Å². The minimum atomic E-state index is 0.117. The van der Waals surface area contributed by atoms with Crippen LogP contribution in [0.15, 0.2) is 55.0 Å². The van der Waals surface area contributed by atoms with Crippen LogP contribution in [-0.2, 0) is 6.54 Å². The van der Waals surface area contributed by atoms with Crippen molar-refractivity contribution in [2.75, 3.05) is 6.54 Å². The van der Waals surface area contributed by atoms with Gasteiger partial charge in [0.1, 0.15) is 22.7 Å². The fraction of sp³-hybridized carbons (Fsp3) is 0.217. The van der Waals surface area contributed by atoms with Gasteiger partial charge in [0.15, 0.2) is 5.82 Å². The minimum absolute atomic E-state index is 0.117. The molecule has 32 heavy (non-hydrogen) atoms. The van der Waals surface area contributed by atoms with Crippen molar-refractivity contribution in [3.8, 4) is 32.7 Å². The summed E-state index contributed by atoms with van der Waals surface area (Å²) in [7, 11) is 0. The number of aromatic nitrogens is 6. The number of fused-ring (bicyclic) bond motifs is 1. The number of nitrogens with two attached hydrogens (primary N) is 1. The topological polar surface area (TPSA) is 110 Å². The number of H-pyrrole nitrogens is 1. The average Bonchev–Trinajstić information content (AvgIpc) is 3.51. The molecular weight excluding hydrogens is 420 g/mol. The summed E-state index contributed by atoms with van der Waals surface area (Å²) in [6, 6.07) is 14.4. The second-order valence-corrected chi connectivity index (χ2v) is 8.82. The van der Waals surface area contributed by atoms with E-state index in [1.807, 2.05) is 38.1 Å². The lowest BCUT2D eigenvalue weighted by molar-refractivity contribution is 0.607. The number of hydrogen-bond acceptors (Lipinski definition) is 7. The van der Waals surface area contributed by atoms with Crippen LogP contribution >= 0.6 is 11.3 Å². The zero-order valence-electron chi connectivity index (χ0n) is 17.9. The fourth-order valence-electron chi connectivity index (χ4n) is 3.70. The third-order valence-electron chi connectivity index (χ3n) is 5.16. The molecule has 0 aliphatic rings. The SMILES string of the molecule is Cc1nc2ccc(CNCC(C)N)cn2c1-c1nc(-c2ccccc2)c(-c2ncn[nH]2)s1. The van der Waals surface area contributed by atoms with E-state index in [0.29, 0.717) is 5.82 Å². The van der Waals surface area contributed by atoms with Crippen molar-refractivity contribution in [3.63, 3.8) is 0 Å². The van der Waals surface area contributed by atoms with Gasteiger partial charge in [-0.25, -0.2) is 15.0 Å². The predicted octanol–water partition coefficient (Wildman–Crippen LogP) is 3.66. The molecule has 162 valence electrons. The molecule has 0 spiro atoms. The molecular formula is C23H24N8S. The standard InChI is InChI=1S/C23H24N8S/c1-14(24)10-25-11-16-8-9-18-28-15(2)20(31(18)12-16)23-29-19(17-6-4-3-5-7-17)21(32-23)22-26-13-27-30-22/h3-9,12-14,25H,10-11,24H2,1-2H3,(H,26,27,30). The summed E-state index contributed by atoms with van der Waals surface area (Å²) in [5, 5.41) is 11.3. The van der Waals surface area contributed by atoms with Gasteiger partial charge in [-0.3, -0.25) is 9.50 Å². The molecule has 0 aliphatic heterocycles. The quantitative estimate of drug-likeness (QED) is 0.353. The number of nitrogens with one attached hydrogen (secondary N) is 2. The first-order valence-corrected chi connectivity index (χ1v) is 11.3. The van der Waals surface area contributed by atoms with Gasteiger partial charge >= 0.3 is 0 Å². The van der Waals surface area contributed by atoms with E-state index in [1.54, 1.807) is 11.3 Å². The largest absolute Gasteiger partial charge is 0.327 e. The number of benzene rings is 1. The molecule has 9 heteroatoms. The first-order valence-electron chi connectivity index (χ1n) is 10.5. The van der Waals surface area contributed by atoms with Crippen LogP contribution in [0.25, 0.3) is 38.3 Å². The molecule has 4 N–H and O–H groups in total. The molecule has 1 aromatic carbocycles. The summed E-state index contributed by atoms with van der Waals surface area (Å²) in [5.74, 6) is 0.708. The van der Waals surface area contributed by atoms with Crippen molar-refractivity contribution < 1.29 is 0 Å². The molecule has 0 bridgehead atoms. The van der Waals surface area contributed by atoms with Crippen molar-refractivity contribution >= 4 is 17.0 Å². The van der Waals surface area contributed by atoms with Gasteiger partial charge in [-0.1, -0.05) is 36.4 Å². The molecule has 0 saturated heterocycles. The first-order chi connectivity index (χ1) is 15.6. The van der Waals surface area contributed by atoms with Gasteiger partial charge in [0.25, 0.3) is 0 Å². The van der Waals surface area contributed by atoms with Crippen LogP contribution in [0.2, 0.25) is 0 Å². The number of pyridine rings is 1. The predicted molar refractivity (Wildman–Crippen MR) is 127 cm³/mol. The van der Waals surface area contributed by atoms with Gasteiger partial charge in [-0.05, 0) is 25.5 Å². The van der Waals surface area contributed by atoms with E-state index in [9.17, 15) is 0 Å². The molecule has 0 fully saturated rings. The third-order valence-corrected chi connectivity index (χ3v) is 6.23. The smallest absolute Gasteiger partial charge is 0.167 e. The number of aryl methyl sites for hydroxylation is 1. The second-order valence-electron chi connectivity index (χ2n) is 7.82. The van der Waals surface area contributed by atoms with E-state index >= 15 is 0 Å². The number of rotatable bonds is 7. The van der Waals surface area contributed by atoms with E-state index < -0.39 is 0 Å². The van der Waals surface area contributed by atoms with Crippen LogP contribution in [0.3, 0.4) is 0 Å². The van der Waals surface area contributed by atoms with Crippen molar-refractivity contribution in [2.45, 2.75) is 26.4 Å². The molecule has 0 aliphatic carbocycles. The van der Waals surface area contributed by atoms with Crippen LogP contribution in [0, 0.1) is 6.92 Å². The lowest BCUT2D eigenvalue weighted by atomic mass is 10.1. The molecule has 0 saturated carbocycles. The molecule has 0 amide bonds. The number of thiazole rings is 1. The highest BCUT2D eigenvalue weighted by atomic mass is 32.1. The maximum atomic E-state index is 5.86. The summed E-state index contributed by atoms with van der Waals surface area (Å²) in [4.78, 5) is 15.1. The van der Waals surface area contributed by atoms with E-state index in [4.69, 9.17) is 15.7 Å². The summed E-state index contributed by atoms with van der Waals surface area (Å²) in [6.45, 7) is 5.52. The Morgan fingerprint density at radius 1 is 1.16 bits per heavy atom. The average molecular weight is 445 g/mol. The molecule has 4 aromatic heterocycles. The zero-order valence-corrected chi connectivity index (χ0v) is 18.7. The fourth-order valence-corrected chi connectivity index (χ4v) is 4.83. The number of nitrogens with zero attached hydrogens (tertiary/aromatic N) is 5.